The zero-order chi connectivity index (χ0) is 26.6. The number of rotatable bonds is 12. The Balaban J connectivity index is 1.35. The molecule has 0 heterocycles. The minimum Gasteiger partial charge on any atom is -0.481 e. The fraction of sp³-hybridized carbons (Fsp3) is 0.893. The van der Waals surface area contributed by atoms with Crippen molar-refractivity contribution in [2.45, 2.75) is 134 Å². The van der Waals surface area contributed by atoms with Crippen molar-refractivity contribution in [2.24, 2.45) is 11.8 Å². The summed E-state index contributed by atoms with van der Waals surface area (Å²) in [4.78, 5) is 36.1. The predicted molar refractivity (Wildman–Crippen MR) is 141 cm³/mol. The molecule has 3 rings (SSSR count). The zero-order valence-corrected chi connectivity index (χ0v) is 22.8. The number of urea groups is 1. The van der Waals surface area contributed by atoms with Crippen LogP contribution >= 0.6 is 0 Å². The quantitative estimate of drug-likeness (QED) is 0.285. The van der Waals surface area contributed by atoms with Crippen LogP contribution in [0.1, 0.15) is 104 Å². The molecule has 0 aliphatic heterocycles. The normalized spacial score (nSPS) is 32.3. The summed E-state index contributed by atoms with van der Waals surface area (Å²) in [6.45, 7) is 5.22. The average Bonchev–Trinajstić information content (AvgIpc) is 2.84. The Morgan fingerprint density at radius 2 is 1.54 bits per heavy atom. The molecule has 0 radical (unpaired) electrons. The van der Waals surface area contributed by atoms with Gasteiger partial charge < -0.3 is 30.5 Å². The Morgan fingerprint density at radius 3 is 2.22 bits per heavy atom. The summed E-state index contributed by atoms with van der Waals surface area (Å²) < 4.78 is 11.8. The van der Waals surface area contributed by atoms with Crippen molar-refractivity contribution in [3.63, 3.8) is 0 Å². The lowest BCUT2D eigenvalue weighted by molar-refractivity contribution is -0.137. The highest BCUT2D eigenvalue weighted by Gasteiger charge is 2.32. The third kappa shape index (κ3) is 10.8. The molecule has 212 valence electrons. The largest absolute Gasteiger partial charge is 0.481 e. The molecule has 9 heteroatoms. The number of amides is 3. The Morgan fingerprint density at radius 1 is 0.838 bits per heavy atom. The van der Waals surface area contributed by atoms with Crippen LogP contribution < -0.4 is 16.0 Å². The standard InChI is InChI=1S/C28H49N3O6/c1-3-36-23-16-22(17-24(18-23)37-14-6-9-27(33)34)29-26(32)15-20-10-12-21(13-11-20)30-28(35)31-25-8-5-4-7-19(25)2/h19-25H,3-18H2,1-2H3,(H,29,32)(H,33,34)(H2,30,31,35). The molecule has 5 atom stereocenters. The number of carbonyl (C=O) groups excluding carboxylic acids is 2. The molecule has 0 aromatic heterocycles. The van der Waals surface area contributed by atoms with E-state index in [0.717, 1.165) is 51.4 Å². The van der Waals surface area contributed by atoms with Gasteiger partial charge in [0.1, 0.15) is 0 Å². The van der Waals surface area contributed by atoms with Gasteiger partial charge in [-0.1, -0.05) is 19.8 Å². The number of hydrogen-bond donors (Lipinski definition) is 4. The maximum Gasteiger partial charge on any atom is 0.315 e. The molecule has 3 fully saturated rings. The van der Waals surface area contributed by atoms with Gasteiger partial charge in [-0.3, -0.25) is 9.59 Å². The number of nitrogens with one attached hydrogen (secondary N) is 3. The molecule has 37 heavy (non-hydrogen) atoms. The van der Waals surface area contributed by atoms with E-state index in [1.165, 1.54) is 19.3 Å². The predicted octanol–water partition coefficient (Wildman–Crippen LogP) is 4.14. The first kappa shape index (κ1) is 29.7. The summed E-state index contributed by atoms with van der Waals surface area (Å²) >= 11 is 0. The van der Waals surface area contributed by atoms with Crippen molar-refractivity contribution >= 4 is 17.9 Å². The monoisotopic (exact) mass is 523 g/mol. The number of ether oxygens (including phenoxy) is 2. The van der Waals surface area contributed by atoms with Crippen LogP contribution in [-0.4, -0.2) is 66.6 Å². The minimum atomic E-state index is -0.813. The van der Waals surface area contributed by atoms with E-state index in [1.807, 2.05) is 6.92 Å². The van der Waals surface area contributed by atoms with E-state index >= 15 is 0 Å². The van der Waals surface area contributed by atoms with Gasteiger partial charge in [-0.15, -0.1) is 0 Å². The molecular formula is C28H49N3O6. The fourth-order valence-electron chi connectivity index (χ4n) is 6.30. The van der Waals surface area contributed by atoms with Gasteiger partial charge in [-0.2, -0.15) is 0 Å². The van der Waals surface area contributed by atoms with Crippen LogP contribution in [0.4, 0.5) is 4.79 Å². The second-order valence-corrected chi connectivity index (χ2v) is 11.4. The van der Waals surface area contributed by atoms with Gasteiger partial charge in [-0.05, 0) is 83.0 Å². The summed E-state index contributed by atoms with van der Waals surface area (Å²) in [5, 5.41) is 18.4. The second-order valence-electron chi connectivity index (χ2n) is 11.4. The van der Waals surface area contributed by atoms with Crippen LogP contribution in [0.2, 0.25) is 0 Å². The summed E-state index contributed by atoms with van der Waals surface area (Å²) in [6, 6.07) is 0.431. The van der Waals surface area contributed by atoms with Crippen molar-refractivity contribution in [1.29, 1.82) is 0 Å². The van der Waals surface area contributed by atoms with Crippen molar-refractivity contribution in [1.82, 2.24) is 16.0 Å². The minimum absolute atomic E-state index is 0.00570. The Hall–Kier alpha value is -1.87. The maximum absolute atomic E-state index is 12.9. The van der Waals surface area contributed by atoms with E-state index in [1.54, 1.807) is 0 Å². The third-order valence-corrected chi connectivity index (χ3v) is 8.36. The molecule has 3 aliphatic rings. The molecule has 5 unspecified atom stereocenters. The molecule has 0 aromatic rings. The zero-order valence-electron chi connectivity index (χ0n) is 22.8. The van der Waals surface area contributed by atoms with Crippen LogP contribution in [0.15, 0.2) is 0 Å². The van der Waals surface area contributed by atoms with Crippen molar-refractivity contribution in [3.05, 3.63) is 0 Å². The highest BCUT2D eigenvalue weighted by molar-refractivity contribution is 5.76. The lowest BCUT2D eigenvalue weighted by Gasteiger charge is -2.35. The third-order valence-electron chi connectivity index (χ3n) is 8.36. The van der Waals surface area contributed by atoms with E-state index in [0.29, 0.717) is 37.9 Å². The molecule has 4 N–H and O–H groups in total. The fourth-order valence-corrected chi connectivity index (χ4v) is 6.30. The molecule has 0 spiro atoms. The SMILES string of the molecule is CCOC1CC(NC(=O)CC2CCC(NC(=O)NC3CCCCC3C)CC2)CC(OCCCC(=O)O)C1. The number of carboxylic acid groups (broad SMARTS) is 1. The van der Waals surface area contributed by atoms with E-state index in [9.17, 15) is 14.4 Å². The second kappa shape index (κ2) is 15.5. The van der Waals surface area contributed by atoms with E-state index in [4.69, 9.17) is 14.6 Å². The molecule has 3 amide bonds. The molecule has 3 aliphatic carbocycles. The Kier molecular flexibility index (Phi) is 12.5. The van der Waals surface area contributed by atoms with Gasteiger partial charge in [-0.25, -0.2) is 4.79 Å². The Bertz CT molecular complexity index is 727. The van der Waals surface area contributed by atoms with Gasteiger partial charge in [0.15, 0.2) is 0 Å². The lowest BCUT2D eigenvalue weighted by Crippen LogP contribution is -2.49. The van der Waals surface area contributed by atoms with Crippen LogP contribution in [0, 0.1) is 11.8 Å². The van der Waals surface area contributed by atoms with Gasteiger partial charge in [0.05, 0.1) is 12.2 Å². The first-order valence-electron chi connectivity index (χ1n) is 14.6. The first-order valence-corrected chi connectivity index (χ1v) is 14.6. The number of carbonyl (C=O) groups is 3. The van der Waals surface area contributed by atoms with Crippen LogP contribution in [0.3, 0.4) is 0 Å². The van der Waals surface area contributed by atoms with Gasteiger partial charge >= 0.3 is 12.0 Å². The molecular weight excluding hydrogens is 474 g/mol. The molecule has 0 saturated heterocycles. The van der Waals surface area contributed by atoms with Crippen LogP contribution in [0.5, 0.6) is 0 Å². The molecule has 3 saturated carbocycles. The number of aliphatic carboxylic acids is 1. The van der Waals surface area contributed by atoms with Gasteiger partial charge in [0.2, 0.25) is 5.91 Å². The topological polar surface area (TPSA) is 126 Å². The molecule has 0 aromatic carbocycles. The van der Waals surface area contributed by atoms with Gasteiger partial charge in [0.25, 0.3) is 0 Å². The molecule has 0 bridgehead atoms. The highest BCUT2D eigenvalue weighted by Crippen LogP contribution is 2.29. The average molecular weight is 524 g/mol. The molecule has 9 nitrogen and oxygen atoms in total. The van der Waals surface area contributed by atoms with E-state index in [-0.39, 0.29) is 48.7 Å². The van der Waals surface area contributed by atoms with Crippen molar-refractivity contribution in [3.8, 4) is 0 Å². The lowest BCUT2D eigenvalue weighted by atomic mass is 9.83. The summed E-state index contributed by atoms with van der Waals surface area (Å²) in [5.74, 6) is 0.147. The number of carboxylic acids is 1. The van der Waals surface area contributed by atoms with Crippen LogP contribution in [0.25, 0.3) is 0 Å². The van der Waals surface area contributed by atoms with Gasteiger partial charge in [0, 0.05) is 44.2 Å². The van der Waals surface area contributed by atoms with Crippen molar-refractivity contribution in [2.75, 3.05) is 13.2 Å². The smallest absolute Gasteiger partial charge is 0.315 e. The Labute approximate surface area is 222 Å². The summed E-state index contributed by atoms with van der Waals surface area (Å²) in [6.07, 6.45) is 11.8. The van der Waals surface area contributed by atoms with E-state index < -0.39 is 5.97 Å². The van der Waals surface area contributed by atoms with E-state index in [2.05, 4.69) is 22.9 Å². The van der Waals surface area contributed by atoms with Crippen molar-refractivity contribution < 1.29 is 29.0 Å². The van der Waals surface area contributed by atoms with Crippen LogP contribution in [-0.2, 0) is 19.1 Å². The summed E-state index contributed by atoms with van der Waals surface area (Å²) in [7, 11) is 0. The first-order chi connectivity index (χ1) is 17.8. The maximum atomic E-state index is 12.9. The highest BCUT2D eigenvalue weighted by atomic mass is 16.5. The summed E-state index contributed by atoms with van der Waals surface area (Å²) in [5.41, 5.74) is 0. The number of hydrogen-bond acceptors (Lipinski definition) is 5.